The van der Waals surface area contributed by atoms with E-state index in [1.807, 2.05) is 47.4 Å². The van der Waals surface area contributed by atoms with Gasteiger partial charge < -0.3 is 9.80 Å². The van der Waals surface area contributed by atoms with Crippen LogP contribution < -0.4 is 4.90 Å². The second-order valence-corrected chi connectivity index (χ2v) is 5.84. The van der Waals surface area contributed by atoms with Gasteiger partial charge in [0.05, 0.1) is 0 Å². The zero-order chi connectivity index (χ0) is 16.5. The van der Waals surface area contributed by atoms with E-state index >= 15 is 0 Å². The molecule has 0 radical (unpaired) electrons. The Hall–Kier alpha value is -2.96. The molecular weight excluding hydrogens is 304 g/mol. The third-order valence-corrected chi connectivity index (χ3v) is 4.33. The van der Waals surface area contributed by atoms with E-state index in [1.54, 1.807) is 11.4 Å². The highest BCUT2D eigenvalue weighted by molar-refractivity contribution is 5.73. The van der Waals surface area contributed by atoms with Crippen molar-refractivity contribution in [3.8, 4) is 11.4 Å². The molecule has 3 heterocycles. The van der Waals surface area contributed by atoms with E-state index in [2.05, 4.69) is 15.1 Å². The highest BCUT2D eigenvalue weighted by Crippen LogP contribution is 2.20. The maximum atomic E-state index is 11.5. The van der Waals surface area contributed by atoms with Gasteiger partial charge >= 0.3 is 0 Å². The Labute approximate surface area is 139 Å². The first-order chi connectivity index (χ1) is 11.7. The fraction of sp³-hybridized carbons (Fsp3) is 0.294. The monoisotopic (exact) mass is 322 g/mol. The van der Waals surface area contributed by atoms with Gasteiger partial charge in [0.15, 0.2) is 11.5 Å². The third-order valence-electron chi connectivity index (χ3n) is 4.33. The summed E-state index contributed by atoms with van der Waals surface area (Å²) in [7, 11) is 0. The van der Waals surface area contributed by atoms with Crippen LogP contribution in [0, 0.1) is 0 Å². The van der Waals surface area contributed by atoms with Crippen molar-refractivity contribution in [3.63, 3.8) is 0 Å². The lowest BCUT2D eigenvalue weighted by Gasteiger charge is -2.34. The minimum absolute atomic E-state index is 0.128. The van der Waals surface area contributed by atoms with Crippen LogP contribution in [0.25, 0.3) is 17.0 Å². The van der Waals surface area contributed by atoms with Crippen molar-refractivity contribution in [1.29, 1.82) is 0 Å². The number of rotatable bonds is 2. The van der Waals surface area contributed by atoms with E-state index in [0.717, 1.165) is 49.0 Å². The van der Waals surface area contributed by atoms with Gasteiger partial charge in [-0.3, -0.25) is 4.79 Å². The lowest BCUT2D eigenvalue weighted by molar-refractivity contribution is -0.129. The van der Waals surface area contributed by atoms with Crippen LogP contribution in [0.5, 0.6) is 0 Å². The van der Waals surface area contributed by atoms with Crippen LogP contribution in [0.1, 0.15) is 6.92 Å². The minimum Gasteiger partial charge on any atom is -0.352 e. The number of fused-ring (bicyclic) bond motifs is 1. The molecule has 0 aliphatic carbocycles. The summed E-state index contributed by atoms with van der Waals surface area (Å²) in [6, 6.07) is 13.8. The largest absolute Gasteiger partial charge is 0.352 e. The van der Waals surface area contributed by atoms with Gasteiger partial charge in [0, 0.05) is 38.7 Å². The summed E-state index contributed by atoms with van der Waals surface area (Å²) in [6.45, 7) is 4.62. The summed E-state index contributed by atoms with van der Waals surface area (Å²) in [6.07, 6.45) is 0. The third kappa shape index (κ3) is 2.58. The minimum atomic E-state index is 0.128. The molecule has 0 N–H and O–H groups in total. The van der Waals surface area contributed by atoms with Gasteiger partial charge in [0.1, 0.15) is 5.82 Å². The molecule has 1 fully saturated rings. The molecule has 7 heteroatoms. The summed E-state index contributed by atoms with van der Waals surface area (Å²) in [5, 5.41) is 13.2. The van der Waals surface area contributed by atoms with Crippen molar-refractivity contribution in [1.82, 2.24) is 24.7 Å². The number of nitrogens with zero attached hydrogens (tertiary/aromatic N) is 6. The number of benzene rings is 1. The molecule has 0 spiro atoms. The summed E-state index contributed by atoms with van der Waals surface area (Å²) in [5.74, 6) is 1.74. The highest BCUT2D eigenvalue weighted by Gasteiger charge is 2.20. The maximum absolute atomic E-state index is 11.5. The average Bonchev–Trinajstić information content (AvgIpc) is 3.05. The van der Waals surface area contributed by atoms with Crippen LogP contribution in [0.2, 0.25) is 0 Å². The molecule has 7 nitrogen and oxygen atoms in total. The first kappa shape index (κ1) is 14.6. The fourth-order valence-electron chi connectivity index (χ4n) is 2.97. The van der Waals surface area contributed by atoms with Crippen LogP contribution in [0.3, 0.4) is 0 Å². The molecule has 1 aromatic carbocycles. The quantitative estimate of drug-likeness (QED) is 0.714. The van der Waals surface area contributed by atoms with Crippen LogP contribution in [-0.2, 0) is 4.79 Å². The number of piperazine rings is 1. The Kier molecular flexibility index (Phi) is 3.60. The SMILES string of the molecule is CC(=O)N1CCN(c2ccc3nnc(-c4ccccc4)n3n2)CC1. The lowest BCUT2D eigenvalue weighted by Crippen LogP contribution is -2.48. The Morgan fingerprint density at radius 3 is 2.42 bits per heavy atom. The van der Waals surface area contributed by atoms with E-state index in [0.29, 0.717) is 0 Å². The predicted octanol–water partition coefficient (Wildman–Crippen LogP) is 1.46. The Bertz CT molecular complexity index is 867. The number of hydrogen-bond acceptors (Lipinski definition) is 5. The van der Waals surface area contributed by atoms with Crippen LogP contribution >= 0.6 is 0 Å². The van der Waals surface area contributed by atoms with Crippen molar-refractivity contribution in [3.05, 3.63) is 42.5 Å². The standard InChI is InChI=1S/C17H18N6O/c1-13(24)21-9-11-22(12-10-21)16-8-7-15-18-19-17(23(15)20-16)14-5-3-2-4-6-14/h2-8H,9-12H2,1H3. The smallest absolute Gasteiger partial charge is 0.219 e. The topological polar surface area (TPSA) is 66.6 Å². The van der Waals surface area contributed by atoms with Gasteiger partial charge in [-0.25, -0.2) is 0 Å². The second kappa shape index (κ2) is 5.92. The molecule has 0 bridgehead atoms. The van der Waals surface area contributed by atoms with E-state index in [9.17, 15) is 4.79 Å². The Morgan fingerprint density at radius 1 is 0.958 bits per heavy atom. The normalized spacial score (nSPS) is 15.0. The van der Waals surface area contributed by atoms with Gasteiger partial charge in [-0.1, -0.05) is 30.3 Å². The summed E-state index contributed by atoms with van der Waals surface area (Å²) >= 11 is 0. The van der Waals surface area contributed by atoms with Crippen molar-refractivity contribution < 1.29 is 4.79 Å². The molecule has 3 aromatic rings. The number of anilines is 1. The number of carbonyl (C=O) groups excluding carboxylic acids is 1. The lowest BCUT2D eigenvalue weighted by atomic mass is 10.2. The van der Waals surface area contributed by atoms with Crippen molar-refractivity contribution in [2.45, 2.75) is 6.92 Å². The summed E-state index contributed by atoms with van der Waals surface area (Å²) in [4.78, 5) is 15.5. The zero-order valence-electron chi connectivity index (χ0n) is 13.5. The number of hydrogen-bond donors (Lipinski definition) is 0. The molecule has 4 rings (SSSR count). The van der Waals surface area contributed by atoms with Crippen molar-refractivity contribution >= 4 is 17.4 Å². The molecule has 1 aliphatic heterocycles. The second-order valence-electron chi connectivity index (χ2n) is 5.84. The average molecular weight is 322 g/mol. The number of carbonyl (C=O) groups is 1. The van der Waals surface area contributed by atoms with Gasteiger partial charge in [-0.15, -0.1) is 15.3 Å². The van der Waals surface area contributed by atoms with Crippen LogP contribution in [-0.4, -0.2) is 56.8 Å². The zero-order valence-corrected chi connectivity index (χ0v) is 13.5. The summed E-state index contributed by atoms with van der Waals surface area (Å²) < 4.78 is 1.78. The van der Waals surface area contributed by atoms with Crippen LogP contribution in [0.4, 0.5) is 5.82 Å². The van der Waals surface area contributed by atoms with E-state index in [4.69, 9.17) is 5.10 Å². The Morgan fingerprint density at radius 2 is 1.71 bits per heavy atom. The van der Waals surface area contributed by atoms with Crippen molar-refractivity contribution in [2.24, 2.45) is 0 Å². The molecule has 0 saturated carbocycles. The molecular formula is C17H18N6O. The molecule has 0 atom stereocenters. The van der Waals surface area contributed by atoms with E-state index in [-0.39, 0.29) is 5.91 Å². The van der Waals surface area contributed by atoms with Gasteiger partial charge in [0.2, 0.25) is 5.91 Å². The Balaban J connectivity index is 1.65. The molecule has 1 aliphatic rings. The number of amides is 1. The van der Waals surface area contributed by atoms with E-state index < -0.39 is 0 Å². The molecule has 1 saturated heterocycles. The molecule has 0 unspecified atom stereocenters. The van der Waals surface area contributed by atoms with Gasteiger partial charge in [0.25, 0.3) is 0 Å². The fourth-order valence-corrected chi connectivity index (χ4v) is 2.97. The highest BCUT2D eigenvalue weighted by atomic mass is 16.2. The predicted molar refractivity (Wildman–Crippen MR) is 90.7 cm³/mol. The molecule has 122 valence electrons. The molecule has 1 amide bonds. The molecule has 2 aromatic heterocycles. The van der Waals surface area contributed by atoms with Crippen molar-refractivity contribution in [2.75, 3.05) is 31.1 Å². The first-order valence-corrected chi connectivity index (χ1v) is 8.01. The van der Waals surface area contributed by atoms with Crippen LogP contribution in [0.15, 0.2) is 42.5 Å². The van der Waals surface area contributed by atoms with Gasteiger partial charge in [-0.05, 0) is 12.1 Å². The number of aromatic nitrogens is 4. The first-order valence-electron chi connectivity index (χ1n) is 8.01. The molecule has 24 heavy (non-hydrogen) atoms. The summed E-state index contributed by atoms with van der Waals surface area (Å²) in [5.41, 5.74) is 1.70. The van der Waals surface area contributed by atoms with Gasteiger partial charge in [-0.2, -0.15) is 4.52 Å². The maximum Gasteiger partial charge on any atom is 0.219 e. The van der Waals surface area contributed by atoms with E-state index in [1.165, 1.54) is 0 Å².